The molecule has 0 saturated carbocycles. The number of amides is 1. The number of alkyl halides is 2. The third-order valence-corrected chi connectivity index (χ3v) is 6.28. The van der Waals surface area contributed by atoms with Gasteiger partial charge >= 0.3 is 5.92 Å². The normalized spacial score (nSPS) is 12.0. The van der Waals surface area contributed by atoms with Crippen LogP contribution in [0.25, 0.3) is 0 Å². The smallest absolute Gasteiger partial charge is 0.306 e. The molecule has 0 fully saturated rings. The second-order valence-electron chi connectivity index (χ2n) is 9.27. The molecular formula is C32H32F2N2O4. The van der Waals surface area contributed by atoms with E-state index in [0.717, 1.165) is 11.1 Å². The van der Waals surface area contributed by atoms with E-state index in [1.807, 2.05) is 36.4 Å². The van der Waals surface area contributed by atoms with E-state index in [1.54, 1.807) is 54.6 Å². The molecule has 4 rings (SSSR count). The average molecular weight is 547 g/mol. The number of hydrogen-bond acceptors (Lipinski definition) is 5. The molecule has 0 aromatic heterocycles. The van der Waals surface area contributed by atoms with Crippen LogP contribution in [0.3, 0.4) is 0 Å². The SMILES string of the molecule is O=CNc1cc(C(O)CNCCc2cccc(OCC(F)(F)c3ccccc3)c2)ccc1OCc1ccccc1. The molecule has 0 heterocycles. The molecule has 0 aliphatic rings. The molecule has 0 bridgehead atoms. The van der Waals surface area contributed by atoms with Crippen LogP contribution in [-0.2, 0) is 23.7 Å². The van der Waals surface area contributed by atoms with Gasteiger partial charge in [0.1, 0.15) is 18.1 Å². The lowest BCUT2D eigenvalue weighted by Gasteiger charge is -2.18. The third kappa shape index (κ3) is 8.36. The molecule has 1 amide bonds. The first-order valence-corrected chi connectivity index (χ1v) is 13.0. The lowest BCUT2D eigenvalue weighted by molar-refractivity contribution is -0.105. The predicted molar refractivity (Wildman–Crippen MR) is 151 cm³/mol. The average Bonchev–Trinajstić information content (AvgIpc) is 2.99. The summed E-state index contributed by atoms with van der Waals surface area (Å²) in [5, 5.41) is 16.5. The maximum absolute atomic E-state index is 14.4. The third-order valence-electron chi connectivity index (χ3n) is 6.28. The van der Waals surface area contributed by atoms with Crippen molar-refractivity contribution in [3.8, 4) is 11.5 Å². The van der Waals surface area contributed by atoms with Crippen LogP contribution in [-0.4, -0.2) is 31.2 Å². The van der Waals surface area contributed by atoms with Gasteiger partial charge in [-0.25, -0.2) is 0 Å². The highest BCUT2D eigenvalue weighted by atomic mass is 19.3. The molecule has 1 atom stereocenters. The van der Waals surface area contributed by atoms with E-state index in [4.69, 9.17) is 9.47 Å². The lowest BCUT2D eigenvalue weighted by Crippen LogP contribution is -2.24. The van der Waals surface area contributed by atoms with Crippen molar-refractivity contribution < 1.29 is 28.2 Å². The summed E-state index contributed by atoms with van der Waals surface area (Å²) in [5.41, 5.74) is 2.92. The molecular weight excluding hydrogens is 514 g/mol. The molecule has 0 spiro atoms. The van der Waals surface area contributed by atoms with Crippen molar-refractivity contribution in [2.75, 3.05) is 25.0 Å². The van der Waals surface area contributed by atoms with Gasteiger partial charge in [-0.15, -0.1) is 0 Å². The van der Waals surface area contributed by atoms with Gasteiger partial charge in [0.25, 0.3) is 0 Å². The summed E-state index contributed by atoms with van der Waals surface area (Å²) in [6, 6.07) is 29.5. The fourth-order valence-electron chi connectivity index (χ4n) is 4.11. The summed E-state index contributed by atoms with van der Waals surface area (Å²) in [6.07, 6.45) is 0.369. The number of carbonyl (C=O) groups excluding carboxylic acids is 1. The van der Waals surface area contributed by atoms with Gasteiger partial charge in [0.15, 0.2) is 6.61 Å². The lowest BCUT2D eigenvalue weighted by atomic mass is 10.1. The van der Waals surface area contributed by atoms with Crippen LogP contribution >= 0.6 is 0 Å². The first kappa shape index (κ1) is 28.7. The second kappa shape index (κ2) is 14.2. The fraction of sp³-hybridized carbons (Fsp3) is 0.219. The van der Waals surface area contributed by atoms with E-state index < -0.39 is 18.6 Å². The fourth-order valence-corrected chi connectivity index (χ4v) is 4.11. The summed E-state index contributed by atoms with van der Waals surface area (Å²) < 4.78 is 40.1. The maximum atomic E-state index is 14.4. The summed E-state index contributed by atoms with van der Waals surface area (Å²) >= 11 is 0. The molecule has 4 aromatic carbocycles. The standard InChI is InChI=1S/C32H32F2N2O4/c33-32(34,27-11-5-2-6-12-27)22-40-28-13-7-10-24(18-28)16-17-35-20-30(38)26-14-15-31(29(19-26)36-23-37)39-21-25-8-3-1-4-9-25/h1-15,18-19,23,30,35,38H,16-17,20-22H2,(H,36,37). The minimum Gasteiger partial charge on any atom is -0.487 e. The van der Waals surface area contributed by atoms with E-state index in [1.165, 1.54) is 12.1 Å². The Morgan fingerprint density at radius 2 is 1.57 bits per heavy atom. The van der Waals surface area contributed by atoms with Crippen LogP contribution in [0.5, 0.6) is 11.5 Å². The van der Waals surface area contributed by atoms with Crippen molar-refractivity contribution in [2.24, 2.45) is 0 Å². The number of hydrogen-bond donors (Lipinski definition) is 3. The Hall–Kier alpha value is -4.27. The Kier molecular flexibility index (Phi) is 10.2. The minimum absolute atomic E-state index is 0.0858. The van der Waals surface area contributed by atoms with Crippen molar-refractivity contribution >= 4 is 12.1 Å². The molecule has 0 aliphatic heterocycles. The second-order valence-corrected chi connectivity index (χ2v) is 9.27. The Morgan fingerprint density at radius 3 is 2.33 bits per heavy atom. The summed E-state index contributed by atoms with van der Waals surface area (Å²) in [6.45, 7) is 0.435. The number of carbonyl (C=O) groups is 1. The number of benzene rings is 4. The van der Waals surface area contributed by atoms with E-state index in [-0.39, 0.29) is 12.1 Å². The first-order chi connectivity index (χ1) is 19.4. The van der Waals surface area contributed by atoms with Crippen molar-refractivity contribution in [2.45, 2.75) is 25.1 Å². The monoisotopic (exact) mass is 546 g/mol. The number of nitrogens with one attached hydrogen (secondary N) is 2. The molecule has 0 saturated heterocycles. The Morgan fingerprint density at radius 1 is 0.850 bits per heavy atom. The molecule has 8 heteroatoms. The Bertz CT molecular complexity index is 1350. The number of ether oxygens (including phenoxy) is 2. The van der Waals surface area contributed by atoms with Gasteiger partial charge in [-0.3, -0.25) is 4.79 Å². The molecule has 3 N–H and O–H groups in total. The zero-order valence-electron chi connectivity index (χ0n) is 21.9. The molecule has 4 aromatic rings. The van der Waals surface area contributed by atoms with Gasteiger partial charge < -0.3 is 25.2 Å². The highest BCUT2D eigenvalue weighted by Gasteiger charge is 2.32. The first-order valence-electron chi connectivity index (χ1n) is 13.0. The van der Waals surface area contributed by atoms with E-state index >= 15 is 0 Å². The van der Waals surface area contributed by atoms with Crippen LogP contribution in [0.1, 0.15) is 28.4 Å². The zero-order valence-corrected chi connectivity index (χ0v) is 21.9. The topological polar surface area (TPSA) is 79.8 Å². The van der Waals surface area contributed by atoms with Gasteiger partial charge in [-0.2, -0.15) is 8.78 Å². The molecule has 0 radical (unpaired) electrons. The van der Waals surface area contributed by atoms with Gasteiger partial charge in [0.2, 0.25) is 6.41 Å². The maximum Gasteiger partial charge on any atom is 0.306 e. The molecule has 0 aliphatic carbocycles. The van der Waals surface area contributed by atoms with Gasteiger partial charge in [-0.1, -0.05) is 78.9 Å². The van der Waals surface area contributed by atoms with Crippen molar-refractivity contribution in [3.63, 3.8) is 0 Å². The van der Waals surface area contributed by atoms with E-state index in [2.05, 4.69) is 10.6 Å². The highest BCUT2D eigenvalue weighted by molar-refractivity contribution is 5.76. The van der Waals surface area contributed by atoms with Crippen LogP contribution in [0.2, 0.25) is 0 Å². The van der Waals surface area contributed by atoms with Crippen LogP contribution in [0, 0.1) is 0 Å². The Balaban J connectivity index is 1.25. The van der Waals surface area contributed by atoms with Crippen LogP contribution in [0.4, 0.5) is 14.5 Å². The van der Waals surface area contributed by atoms with Crippen molar-refractivity contribution in [1.29, 1.82) is 0 Å². The Labute approximate surface area is 232 Å². The molecule has 1 unspecified atom stereocenters. The number of aliphatic hydroxyl groups is 1. The number of rotatable bonds is 15. The minimum atomic E-state index is -3.09. The quantitative estimate of drug-likeness (QED) is 0.128. The summed E-state index contributed by atoms with van der Waals surface area (Å²) in [5.74, 6) is -2.22. The van der Waals surface area contributed by atoms with Gasteiger partial charge in [0, 0.05) is 12.1 Å². The number of aliphatic hydroxyl groups excluding tert-OH is 1. The summed E-state index contributed by atoms with van der Waals surface area (Å²) in [4.78, 5) is 11.1. The van der Waals surface area contributed by atoms with Crippen molar-refractivity contribution in [1.82, 2.24) is 5.32 Å². The van der Waals surface area contributed by atoms with Gasteiger partial charge in [0.05, 0.1) is 11.8 Å². The number of anilines is 1. The molecule has 40 heavy (non-hydrogen) atoms. The van der Waals surface area contributed by atoms with Gasteiger partial charge in [-0.05, 0) is 53.9 Å². The van der Waals surface area contributed by atoms with Crippen LogP contribution < -0.4 is 20.1 Å². The van der Waals surface area contributed by atoms with Crippen molar-refractivity contribution in [3.05, 3.63) is 125 Å². The summed E-state index contributed by atoms with van der Waals surface area (Å²) in [7, 11) is 0. The molecule has 208 valence electrons. The van der Waals surface area contributed by atoms with E-state index in [0.29, 0.717) is 48.7 Å². The number of halogens is 2. The predicted octanol–water partition coefficient (Wildman–Crippen LogP) is 5.87. The zero-order chi connectivity index (χ0) is 28.2. The molecule has 6 nitrogen and oxygen atoms in total. The highest BCUT2D eigenvalue weighted by Crippen LogP contribution is 2.30. The van der Waals surface area contributed by atoms with E-state index in [9.17, 15) is 18.7 Å². The largest absolute Gasteiger partial charge is 0.487 e. The van der Waals surface area contributed by atoms with Crippen LogP contribution in [0.15, 0.2) is 103 Å².